The van der Waals surface area contributed by atoms with Gasteiger partial charge >= 0.3 is 5.97 Å². The molecule has 7 heteroatoms. The molecule has 0 saturated heterocycles. The fraction of sp³-hybridized carbons (Fsp3) is 0.579. The van der Waals surface area contributed by atoms with Gasteiger partial charge in [-0.3, -0.25) is 4.79 Å². The topological polar surface area (TPSA) is 74.3 Å². The van der Waals surface area contributed by atoms with Gasteiger partial charge in [0.1, 0.15) is 5.56 Å². The average Bonchev–Trinajstić information content (AvgIpc) is 2.70. The zero-order valence-electron chi connectivity index (χ0n) is 15.9. The molecule has 1 aromatic rings. The van der Waals surface area contributed by atoms with E-state index in [9.17, 15) is 9.59 Å². The Morgan fingerprint density at radius 1 is 1.00 bits per heavy atom. The molecule has 2 rings (SSSR count). The van der Waals surface area contributed by atoms with E-state index in [0.717, 1.165) is 25.7 Å². The van der Waals surface area contributed by atoms with Gasteiger partial charge in [0.15, 0.2) is 18.1 Å². The number of nitrogens with zero attached hydrogens (tertiary/aromatic N) is 1. The summed E-state index contributed by atoms with van der Waals surface area (Å²) < 4.78 is 20.9. The Morgan fingerprint density at radius 3 is 2.23 bits per heavy atom. The maximum atomic E-state index is 12.4. The van der Waals surface area contributed by atoms with Crippen molar-refractivity contribution >= 4 is 11.9 Å². The van der Waals surface area contributed by atoms with Crippen LogP contribution in [0, 0.1) is 0 Å². The summed E-state index contributed by atoms with van der Waals surface area (Å²) in [5, 5.41) is 0. The molecule has 0 unspecified atom stereocenters. The number of rotatable bonds is 7. The third-order valence-electron chi connectivity index (χ3n) is 4.77. The Kier molecular flexibility index (Phi) is 7.12. The van der Waals surface area contributed by atoms with Crippen LogP contribution >= 0.6 is 0 Å². The standard InChI is InChI=1S/C19H27NO6/c1-20(13-8-6-5-7-9-13)16(21)12-26-19(22)14-10-11-15(23-2)18(25-4)17(14)24-3/h10-11,13H,5-9,12H2,1-4H3. The second-order valence-electron chi connectivity index (χ2n) is 6.25. The number of methoxy groups -OCH3 is 3. The van der Waals surface area contributed by atoms with E-state index in [1.807, 2.05) is 0 Å². The van der Waals surface area contributed by atoms with Gasteiger partial charge < -0.3 is 23.8 Å². The van der Waals surface area contributed by atoms with Crippen molar-refractivity contribution in [1.29, 1.82) is 0 Å². The Hall–Kier alpha value is -2.44. The number of carbonyl (C=O) groups is 2. The van der Waals surface area contributed by atoms with Crippen LogP contribution in [-0.4, -0.2) is 57.8 Å². The van der Waals surface area contributed by atoms with Crippen LogP contribution in [0.15, 0.2) is 12.1 Å². The van der Waals surface area contributed by atoms with Crippen molar-refractivity contribution in [3.63, 3.8) is 0 Å². The molecule has 0 atom stereocenters. The summed E-state index contributed by atoms with van der Waals surface area (Å²) in [6.45, 7) is -0.302. The van der Waals surface area contributed by atoms with Crippen LogP contribution in [0.4, 0.5) is 0 Å². The largest absolute Gasteiger partial charge is 0.493 e. The first-order valence-corrected chi connectivity index (χ1v) is 8.75. The van der Waals surface area contributed by atoms with Crippen LogP contribution in [0.25, 0.3) is 0 Å². The number of ether oxygens (including phenoxy) is 4. The van der Waals surface area contributed by atoms with E-state index < -0.39 is 5.97 Å². The Balaban J connectivity index is 2.04. The molecule has 1 fully saturated rings. The molecular weight excluding hydrogens is 338 g/mol. The number of esters is 1. The molecule has 7 nitrogen and oxygen atoms in total. The normalized spacial score (nSPS) is 14.5. The van der Waals surface area contributed by atoms with Crippen LogP contribution in [0.1, 0.15) is 42.5 Å². The number of amides is 1. The fourth-order valence-electron chi connectivity index (χ4n) is 3.24. The van der Waals surface area contributed by atoms with Crippen molar-refractivity contribution < 1.29 is 28.5 Å². The fourth-order valence-corrected chi connectivity index (χ4v) is 3.24. The van der Waals surface area contributed by atoms with Crippen LogP contribution in [0.2, 0.25) is 0 Å². The van der Waals surface area contributed by atoms with Gasteiger partial charge in [-0.2, -0.15) is 0 Å². The summed E-state index contributed by atoms with van der Waals surface area (Å²) in [6.07, 6.45) is 5.47. The monoisotopic (exact) mass is 365 g/mol. The Labute approximate surface area is 154 Å². The van der Waals surface area contributed by atoms with E-state index in [4.69, 9.17) is 18.9 Å². The van der Waals surface area contributed by atoms with Gasteiger partial charge in [-0.05, 0) is 25.0 Å². The first kappa shape index (κ1) is 19.9. The maximum Gasteiger partial charge on any atom is 0.342 e. The van der Waals surface area contributed by atoms with E-state index in [2.05, 4.69) is 0 Å². The van der Waals surface area contributed by atoms with Crippen LogP contribution in [-0.2, 0) is 9.53 Å². The van der Waals surface area contributed by atoms with E-state index >= 15 is 0 Å². The van der Waals surface area contributed by atoms with Gasteiger partial charge in [-0.1, -0.05) is 19.3 Å². The number of hydrogen-bond donors (Lipinski definition) is 0. The molecule has 1 aliphatic rings. The molecule has 144 valence electrons. The van der Waals surface area contributed by atoms with Crippen LogP contribution < -0.4 is 14.2 Å². The molecule has 0 aromatic heterocycles. The molecule has 1 saturated carbocycles. The van der Waals surface area contributed by atoms with Crippen LogP contribution in [0.3, 0.4) is 0 Å². The summed E-state index contributed by atoms with van der Waals surface area (Å²) in [4.78, 5) is 26.4. The van der Waals surface area contributed by atoms with Gasteiger partial charge in [-0.25, -0.2) is 4.79 Å². The number of hydrogen-bond acceptors (Lipinski definition) is 6. The first-order chi connectivity index (χ1) is 12.5. The average molecular weight is 365 g/mol. The third-order valence-corrected chi connectivity index (χ3v) is 4.77. The minimum atomic E-state index is -0.645. The lowest BCUT2D eigenvalue weighted by Crippen LogP contribution is -2.40. The van der Waals surface area contributed by atoms with Crippen LogP contribution in [0.5, 0.6) is 17.2 Å². The molecule has 0 radical (unpaired) electrons. The molecule has 1 amide bonds. The minimum Gasteiger partial charge on any atom is -0.493 e. The van der Waals surface area contributed by atoms with Gasteiger partial charge in [0.2, 0.25) is 5.75 Å². The van der Waals surface area contributed by atoms with E-state index in [1.165, 1.54) is 33.8 Å². The SMILES string of the molecule is COc1ccc(C(=O)OCC(=O)N(C)C2CCCCC2)c(OC)c1OC. The van der Waals surface area contributed by atoms with Crippen molar-refractivity contribution in [1.82, 2.24) is 4.90 Å². The number of likely N-dealkylation sites (N-methyl/N-ethyl adjacent to an activating group) is 1. The highest BCUT2D eigenvalue weighted by Gasteiger charge is 2.25. The van der Waals surface area contributed by atoms with E-state index in [1.54, 1.807) is 18.0 Å². The van der Waals surface area contributed by atoms with E-state index in [-0.39, 0.29) is 29.9 Å². The summed E-state index contributed by atoms with van der Waals surface area (Å²) in [5.41, 5.74) is 0.179. The molecule has 0 N–H and O–H groups in total. The van der Waals surface area contributed by atoms with Gasteiger partial charge in [-0.15, -0.1) is 0 Å². The lowest BCUT2D eigenvalue weighted by molar-refractivity contribution is -0.135. The molecule has 1 aromatic carbocycles. The zero-order valence-corrected chi connectivity index (χ0v) is 15.9. The molecule has 0 bridgehead atoms. The lowest BCUT2D eigenvalue weighted by Gasteiger charge is -2.31. The second-order valence-corrected chi connectivity index (χ2v) is 6.25. The van der Waals surface area contributed by atoms with Crippen molar-refractivity contribution in [2.24, 2.45) is 0 Å². The highest BCUT2D eigenvalue weighted by Crippen LogP contribution is 2.39. The van der Waals surface area contributed by atoms with Gasteiger partial charge in [0.05, 0.1) is 21.3 Å². The lowest BCUT2D eigenvalue weighted by atomic mass is 9.94. The summed E-state index contributed by atoms with van der Waals surface area (Å²) >= 11 is 0. The molecule has 0 spiro atoms. The number of carbonyl (C=O) groups excluding carboxylic acids is 2. The van der Waals surface area contributed by atoms with Crippen molar-refractivity contribution in [3.05, 3.63) is 17.7 Å². The van der Waals surface area contributed by atoms with E-state index in [0.29, 0.717) is 11.5 Å². The highest BCUT2D eigenvalue weighted by molar-refractivity contribution is 5.95. The molecule has 1 aliphatic carbocycles. The maximum absolute atomic E-state index is 12.4. The summed E-state index contributed by atoms with van der Waals surface area (Å²) in [6, 6.07) is 3.34. The molecule has 26 heavy (non-hydrogen) atoms. The second kappa shape index (κ2) is 9.31. The summed E-state index contributed by atoms with van der Waals surface area (Å²) in [5.74, 6) is 0.104. The van der Waals surface area contributed by atoms with Gasteiger partial charge in [0.25, 0.3) is 5.91 Å². The Morgan fingerprint density at radius 2 is 1.65 bits per heavy atom. The van der Waals surface area contributed by atoms with Crippen molar-refractivity contribution in [2.75, 3.05) is 35.0 Å². The highest BCUT2D eigenvalue weighted by atomic mass is 16.5. The molecule has 0 heterocycles. The zero-order chi connectivity index (χ0) is 19.1. The minimum absolute atomic E-state index is 0.179. The summed E-state index contributed by atoms with van der Waals surface area (Å²) in [7, 11) is 6.15. The predicted octanol–water partition coefficient (Wildman–Crippen LogP) is 2.66. The van der Waals surface area contributed by atoms with Crippen molar-refractivity contribution in [3.8, 4) is 17.2 Å². The molecular formula is C19H27NO6. The van der Waals surface area contributed by atoms with Crippen molar-refractivity contribution in [2.45, 2.75) is 38.1 Å². The quantitative estimate of drug-likeness (QED) is 0.692. The Bertz CT molecular complexity index is 639. The third kappa shape index (κ3) is 4.39. The predicted molar refractivity (Wildman–Crippen MR) is 96.0 cm³/mol. The first-order valence-electron chi connectivity index (χ1n) is 8.75. The molecule has 0 aliphatic heterocycles. The number of benzene rings is 1. The van der Waals surface area contributed by atoms with Gasteiger partial charge in [0, 0.05) is 13.1 Å². The smallest absolute Gasteiger partial charge is 0.342 e.